The maximum Gasteiger partial charge on any atom is 0.273 e. The summed E-state index contributed by atoms with van der Waals surface area (Å²) in [7, 11) is 0. The highest BCUT2D eigenvalue weighted by molar-refractivity contribution is 5.92. The molecule has 0 saturated heterocycles. The third kappa shape index (κ3) is 5.00. The van der Waals surface area contributed by atoms with Gasteiger partial charge in [-0.05, 0) is 12.5 Å². The number of nitrogens with zero attached hydrogens (tertiary/aromatic N) is 4. The minimum atomic E-state index is -0.268. The summed E-state index contributed by atoms with van der Waals surface area (Å²) in [5, 5.41) is 10.7. The lowest BCUT2D eigenvalue weighted by molar-refractivity contribution is 0.0941. The van der Waals surface area contributed by atoms with Gasteiger partial charge in [0.25, 0.3) is 5.91 Å². The third-order valence-corrected chi connectivity index (χ3v) is 5.23. The van der Waals surface area contributed by atoms with Crippen LogP contribution in [-0.4, -0.2) is 26.2 Å². The van der Waals surface area contributed by atoms with Crippen molar-refractivity contribution in [2.24, 2.45) is 0 Å². The van der Waals surface area contributed by atoms with Gasteiger partial charge in [-0.15, -0.1) is 0 Å². The number of rotatable bonds is 7. The minimum absolute atomic E-state index is 0.176. The Morgan fingerprint density at radius 3 is 2.36 bits per heavy atom. The van der Waals surface area contributed by atoms with Gasteiger partial charge in [-0.3, -0.25) is 4.79 Å². The molecule has 0 aliphatic rings. The molecule has 1 aromatic carbocycles. The molecule has 4 rings (SSSR count). The Balaban J connectivity index is 1.53. The van der Waals surface area contributed by atoms with Crippen LogP contribution in [0.5, 0.6) is 0 Å². The van der Waals surface area contributed by atoms with Crippen molar-refractivity contribution >= 4 is 5.91 Å². The van der Waals surface area contributed by atoms with E-state index in [1.807, 2.05) is 51.1 Å². The van der Waals surface area contributed by atoms with E-state index in [0.29, 0.717) is 18.1 Å². The lowest BCUT2D eigenvalue weighted by Gasteiger charge is -2.11. The molecular formula is C25H27N5O3. The Morgan fingerprint density at radius 2 is 1.76 bits per heavy atom. The molecule has 0 radical (unpaired) electrons. The van der Waals surface area contributed by atoms with Crippen LogP contribution < -0.4 is 5.32 Å². The molecule has 8 nitrogen and oxygen atoms in total. The molecule has 170 valence electrons. The summed E-state index contributed by atoms with van der Waals surface area (Å²) >= 11 is 0. The first kappa shape index (κ1) is 22.4. The molecule has 0 atom stereocenters. The van der Waals surface area contributed by atoms with Crippen molar-refractivity contribution in [2.45, 2.75) is 53.0 Å². The average molecular weight is 446 g/mol. The maximum absolute atomic E-state index is 12.4. The van der Waals surface area contributed by atoms with Gasteiger partial charge >= 0.3 is 0 Å². The highest BCUT2D eigenvalue weighted by Crippen LogP contribution is 2.31. The Hall–Kier alpha value is -3.81. The van der Waals surface area contributed by atoms with Gasteiger partial charge in [0, 0.05) is 42.3 Å². The summed E-state index contributed by atoms with van der Waals surface area (Å²) in [6.07, 6.45) is 1.79. The summed E-state index contributed by atoms with van der Waals surface area (Å²) in [6.45, 7) is 10.3. The predicted octanol–water partition coefficient (Wildman–Crippen LogP) is 5.27. The first-order valence-corrected chi connectivity index (χ1v) is 11.0. The lowest BCUT2D eigenvalue weighted by Crippen LogP contribution is -2.23. The van der Waals surface area contributed by atoms with Gasteiger partial charge in [-0.25, -0.2) is 9.97 Å². The van der Waals surface area contributed by atoms with Crippen molar-refractivity contribution < 1.29 is 13.8 Å². The fourth-order valence-electron chi connectivity index (χ4n) is 3.29. The molecule has 4 aromatic rings. The molecule has 0 unspecified atom stereocenters. The first-order chi connectivity index (χ1) is 15.8. The van der Waals surface area contributed by atoms with Crippen LogP contribution in [-0.2, 0) is 6.54 Å². The van der Waals surface area contributed by atoms with E-state index in [0.717, 1.165) is 33.9 Å². The largest absolute Gasteiger partial charge is 0.360 e. The molecule has 0 aliphatic heterocycles. The van der Waals surface area contributed by atoms with Crippen LogP contribution in [0, 0.1) is 6.92 Å². The number of carbonyl (C=O) groups is 1. The molecule has 33 heavy (non-hydrogen) atoms. The van der Waals surface area contributed by atoms with Gasteiger partial charge in [0.05, 0.1) is 17.0 Å². The standard InChI is InChI=1S/C25H27N5O3/c1-14(2)21-11-20(30-32-21)25(31)27-12-17-6-8-18(9-7-17)23-19(22-10-16(5)29-33-22)13-26-24(28-23)15(3)4/h6-11,13-15H,12H2,1-5H3,(H,27,31). The molecule has 0 aliphatic carbocycles. The third-order valence-electron chi connectivity index (χ3n) is 5.23. The Morgan fingerprint density at radius 1 is 1.00 bits per heavy atom. The van der Waals surface area contributed by atoms with E-state index in [2.05, 4.69) is 34.5 Å². The zero-order chi connectivity index (χ0) is 23.5. The van der Waals surface area contributed by atoms with Crippen LogP contribution >= 0.6 is 0 Å². The topological polar surface area (TPSA) is 107 Å². The van der Waals surface area contributed by atoms with E-state index in [-0.39, 0.29) is 23.4 Å². The van der Waals surface area contributed by atoms with Crippen LogP contribution in [0.2, 0.25) is 0 Å². The van der Waals surface area contributed by atoms with Crippen molar-refractivity contribution in [3.8, 4) is 22.6 Å². The van der Waals surface area contributed by atoms with Crippen LogP contribution in [0.3, 0.4) is 0 Å². The second-order valence-corrected chi connectivity index (χ2v) is 8.63. The number of nitrogens with one attached hydrogen (secondary N) is 1. The smallest absolute Gasteiger partial charge is 0.273 e. The van der Waals surface area contributed by atoms with Crippen molar-refractivity contribution in [1.29, 1.82) is 0 Å². The summed E-state index contributed by atoms with van der Waals surface area (Å²) in [4.78, 5) is 21.7. The molecule has 0 fully saturated rings. The number of aromatic nitrogens is 4. The quantitative estimate of drug-likeness (QED) is 0.413. The molecule has 0 spiro atoms. The van der Waals surface area contributed by atoms with Gasteiger partial charge in [0.15, 0.2) is 11.5 Å². The highest BCUT2D eigenvalue weighted by atomic mass is 16.5. The highest BCUT2D eigenvalue weighted by Gasteiger charge is 2.17. The molecule has 3 heterocycles. The normalized spacial score (nSPS) is 11.4. The van der Waals surface area contributed by atoms with Crippen molar-refractivity contribution in [3.63, 3.8) is 0 Å². The number of carbonyl (C=O) groups excluding carboxylic acids is 1. The summed E-state index contributed by atoms with van der Waals surface area (Å²) in [6, 6.07) is 11.4. The SMILES string of the molecule is Cc1cc(-c2cnc(C(C)C)nc2-c2ccc(CNC(=O)c3cc(C(C)C)on3)cc2)on1. The second kappa shape index (κ2) is 9.36. The monoisotopic (exact) mass is 445 g/mol. The average Bonchev–Trinajstić information content (AvgIpc) is 3.47. The zero-order valence-electron chi connectivity index (χ0n) is 19.4. The van der Waals surface area contributed by atoms with E-state index in [9.17, 15) is 4.79 Å². The van der Waals surface area contributed by atoms with E-state index in [4.69, 9.17) is 14.0 Å². The minimum Gasteiger partial charge on any atom is -0.360 e. The van der Waals surface area contributed by atoms with E-state index < -0.39 is 0 Å². The Bertz CT molecular complexity index is 1260. The van der Waals surface area contributed by atoms with Crippen LogP contribution in [0.1, 0.15) is 72.9 Å². The summed E-state index contributed by atoms with van der Waals surface area (Å²) < 4.78 is 10.7. The first-order valence-electron chi connectivity index (χ1n) is 11.0. The number of benzene rings is 1. The van der Waals surface area contributed by atoms with E-state index >= 15 is 0 Å². The lowest BCUT2D eigenvalue weighted by atomic mass is 10.0. The molecular weight excluding hydrogens is 418 g/mol. The van der Waals surface area contributed by atoms with Crippen molar-refractivity contribution in [1.82, 2.24) is 25.6 Å². The summed E-state index contributed by atoms with van der Waals surface area (Å²) in [5.74, 6) is 2.17. The van der Waals surface area contributed by atoms with Crippen LogP contribution in [0.25, 0.3) is 22.6 Å². The van der Waals surface area contributed by atoms with Crippen LogP contribution in [0.4, 0.5) is 0 Å². The summed E-state index contributed by atoms with van der Waals surface area (Å²) in [5.41, 5.74) is 4.52. The molecule has 1 N–H and O–H groups in total. The van der Waals surface area contributed by atoms with Gasteiger partial charge in [0.2, 0.25) is 0 Å². The predicted molar refractivity (Wildman–Crippen MR) is 124 cm³/mol. The van der Waals surface area contributed by atoms with Gasteiger partial charge < -0.3 is 14.4 Å². The zero-order valence-corrected chi connectivity index (χ0v) is 19.4. The van der Waals surface area contributed by atoms with E-state index in [1.165, 1.54) is 0 Å². The fraction of sp³-hybridized carbons (Fsp3) is 0.320. The van der Waals surface area contributed by atoms with Gasteiger partial charge in [-0.2, -0.15) is 0 Å². The molecule has 3 aromatic heterocycles. The number of aryl methyl sites for hydroxylation is 1. The van der Waals surface area contributed by atoms with Crippen molar-refractivity contribution in [3.05, 3.63) is 71.1 Å². The van der Waals surface area contributed by atoms with Gasteiger partial charge in [-0.1, -0.05) is 62.3 Å². The fourth-order valence-corrected chi connectivity index (χ4v) is 3.29. The number of hydrogen-bond acceptors (Lipinski definition) is 7. The van der Waals surface area contributed by atoms with Gasteiger partial charge in [0.1, 0.15) is 11.6 Å². The van der Waals surface area contributed by atoms with Crippen molar-refractivity contribution in [2.75, 3.05) is 0 Å². The molecule has 1 amide bonds. The Labute approximate surface area is 192 Å². The number of amides is 1. The molecule has 8 heteroatoms. The number of hydrogen-bond donors (Lipinski definition) is 1. The van der Waals surface area contributed by atoms with E-state index in [1.54, 1.807) is 12.3 Å². The molecule has 0 saturated carbocycles. The molecule has 0 bridgehead atoms. The second-order valence-electron chi connectivity index (χ2n) is 8.63. The maximum atomic E-state index is 12.4. The van der Waals surface area contributed by atoms with Crippen LogP contribution in [0.15, 0.2) is 51.6 Å². The Kier molecular flexibility index (Phi) is 6.35.